The molecule has 188 valence electrons. The smallest absolute Gasteiger partial charge is 0.277 e. The van der Waals surface area contributed by atoms with E-state index < -0.39 is 11.4 Å². The molecule has 2 aromatic carbocycles. The largest absolute Gasteiger partial charge is 0.351 e. The Kier molecular flexibility index (Phi) is 6.41. The zero-order chi connectivity index (χ0) is 25.4. The first-order valence-electron chi connectivity index (χ1n) is 12.9. The molecule has 7 heteroatoms. The maximum absolute atomic E-state index is 13.9. The summed E-state index contributed by atoms with van der Waals surface area (Å²) in [6, 6.07) is 15.8. The molecule has 2 aliphatic rings. The fourth-order valence-corrected chi connectivity index (χ4v) is 5.34. The summed E-state index contributed by atoms with van der Waals surface area (Å²) < 4.78 is 15.4. The number of halogens is 1. The van der Waals surface area contributed by atoms with Crippen molar-refractivity contribution in [2.24, 2.45) is 0 Å². The van der Waals surface area contributed by atoms with Crippen LogP contribution in [0.5, 0.6) is 0 Å². The van der Waals surface area contributed by atoms with E-state index in [1.807, 2.05) is 12.1 Å². The SMILES string of the molecule is CC(C)c1ccc(-c2cc3n(n2)CC(C)(C(=O)NC2CCCCC2)N(c2ccc(F)cc2)C3=O)cc1. The van der Waals surface area contributed by atoms with Crippen LogP contribution in [0.4, 0.5) is 10.1 Å². The molecule has 3 aromatic rings. The highest BCUT2D eigenvalue weighted by Crippen LogP contribution is 2.35. The number of anilines is 1. The monoisotopic (exact) mass is 488 g/mol. The number of hydrogen-bond donors (Lipinski definition) is 1. The van der Waals surface area contributed by atoms with E-state index in [-0.39, 0.29) is 24.4 Å². The Morgan fingerprint density at radius 3 is 2.36 bits per heavy atom. The molecular weight excluding hydrogens is 455 g/mol. The normalized spacial score (nSPS) is 20.5. The number of benzene rings is 2. The number of aromatic nitrogens is 2. The van der Waals surface area contributed by atoms with E-state index in [1.54, 1.807) is 29.8 Å². The number of nitrogens with one attached hydrogen (secondary N) is 1. The van der Waals surface area contributed by atoms with Crippen molar-refractivity contribution in [2.45, 2.75) is 76.9 Å². The average Bonchev–Trinajstić information content (AvgIpc) is 3.30. The Morgan fingerprint density at radius 2 is 1.72 bits per heavy atom. The van der Waals surface area contributed by atoms with Gasteiger partial charge in [-0.25, -0.2) is 4.39 Å². The molecule has 1 aliphatic carbocycles. The molecule has 0 spiro atoms. The third-order valence-corrected chi connectivity index (χ3v) is 7.54. The number of nitrogens with zero attached hydrogens (tertiary/aromatic N) is 3. The number of fused-ring (bicyclic) bond motifs is 1. The van der Waals surface area contributed by atoms with Crippen molar-refractivity contribution in [3.63, 3.8) is 0 Å². The summed E-state index contributed by atoms with van der Waals surface area (Å²) in [6.07, 6.45) is 5.24. The van der Waals surface area contributed by atoms with Crippen molar-refractivity contribution >= 4 is 17.5 Å². The predicted octanol–water partition coefficient (Wildman–Crippen LogP) is 5.68. The fourth-order valence-electron chi connectivity index (χ4n) is 5.34. The minimum absolute atomic E-state index is 0.0993. The van der Waals surface area contributed by atoms with E-state index in [4.69, 9.17) is 5.10 Å². The van der Waals surface area contributed by atoms with Gasteiger partial charge in [0.05, 0.1) is 12.2 Å². The van der Waals surface area contributed by atoms with Crippen LogP contribution in [-0.4, -0.2) is 33.2 Å². The Bertz CT molecular complexity index is 1260. The predicted molar refractivity (Wildman–Crippen MR) is 138 cm³/mol. The summed E-state index contributed by atoms with van der Waals surface area (Å²) in [6.45, 7) is 6.26. The van der Waals surface area contributed by atoms with E-state index in [9.17, 15) is 14.0 Å². The van der Waals surface area contributed by atoms with Crippen LogP contribution in [0.1, 0.15) is 74.8 Å². The third-order valence-electron chi connectivity index (χ3n) is 7.54. The zero-order valence-corrected chi connectivity index (χ0v) is 21.1. The van der Waals surface area contributed by atoms with Gasteiger partial charge in [-0.05, 0) is 61.6 Å². The van der Waals surface area contributed by atoms with Crippen LogP contribution < -0.4 is 10.2 Å². The van der Waals surface area contributed by atoms with E-state index >= 15 is 0 Å². The number of carbonyl (C=O) groups is 2. The van der Waals surface area contributed by atoms with Crippen LogP contribution in [0, 0.1) is 5.82 Å². The Balaban J connectivity index is 1.53. The van der Waals surface area contributed by atoms with Gasteiger partial charge in [0.15, 0.2) is 0 Å². The van der Waals surface area contributed by atoms with Gasteiger partial charge >= 0.3 is 0 Å². The third kappa shape index (κ3) is 4.43. The topological polar surface area (TPSA) is 67.2 Å². The minimum atomic E-state index is -1.22. The van der Waals surface area contributed by atoms with Gasteiger partial charge in [-0.2, -0.15) is 5.10 Å². The van der Waals surface area contributed by atoms with Gasteiger partial charge in [0.2, 0.25) is 5.91 Å². The molecule has 2 heterocycles. The summed E-state index contributed by atoms with van der Waals surface area (Å²) in [5.74, 6) is -0.514. The molecule has 0 radical (unpaired) electrons. The molecule has 1 aromatic heterocycles. The lowest BCUT2D eigenvalue weighted by atomic mass is 9.91. The second-order valence-corrected chi connectivity index (χ2v) is 10.5. The number of rotatable bonds is 5. The first-order valence-corrected chi connectivity index (χ1v) is 12.9. The molecule has 0 bridgehead atoms. The Labute approximate surface area is 211 Å². The van der Waals surface area contributed by atoms with Crippen molar-refractivity contribution in [2.75, 3.05) is 4.90 Å². The molecule has 6 nitrogen and oxygen atoms in total. The molecule has 1 atom stereocenters. The molecule has 0 saturated heterocycles. The van der Waals surface area contributed by atoms with Crippen LogP contribution in [0.3, 0.4) is 0 Å². The lowest BCUT2D eigenvalue weighted by molar-refractivity contribution is -0.127. The second kappa shape index (κ2) is 9.52. The van der Waals surface area contributed by atoms with Crippen molar-refractivity contribution in [1.29, 1.82) is 0 Å². The van der Waals surface area contributed by atoms with Crippen LogP contribution in [0.15, 0.2) is 54.6 Å². The quantitative estimate of drug-likeness (QED) is 0.502. The van der Waals surface area contributed by atoms with E-state index in [2.05, 4.69) is 31.3 Å². The van der Waals surface area contributed by atoms with Gasteiger partial charge in [-0.15, -0.1) is 0 Å². The lowest BCUT2D eigenvalue weighted by Crippen LogP contribution is -2.65. The number of amides is 2. The maximum atomic E-state index is 13.9. The van der Waals surface area contributed by atoms with Gasteiger partial charge in [0.1, 0.15) is 17.1 Å². The van der Waals surface area contributed by atoms with Crippen LogP contribution >= 0.6 is 0 Å². The van der Waals surface area contributed by atoms with Crippen LogP contribution in [-0.2, 0) is 11.3 Å². The Morgan fingerprint density at radius 1 is 1.06 bits per heavy atom. The molecule has 5 rings (SSSR count). The molecule has 1 unspecified atom stereocenters. The highest BCUT2D eigenvalue weighted by atomic mass is 19.1. The van der Waals surface area contributed by atoms with Gasteiger partial charge in [-0.3, -0.25) is 19.2 Å². The summed E-state index contributed by atoms with van der Waals surface area (Å²) in [5, 5.41) is 7.94. The van der Waals surface area contributed by atoms with Crippen molar-refractivity contribution in [3.05, 3.63) is 71.7 Å². The van der Waals surface area contributed by atoms with Crippen LogP contribution in [0.2, 0.25) is 0 Å². The fraction of sp³-hybridized carbons (Fsp3) is 0.414. The molecular formula is C29H33FN4O2. The van der Waals surface area contributed by atoms with E-state index in [1.165, 1.54) is 29.0 Å². The Hall–Kier alpha value is -3.48. The minimum Gasteiger partial charge on any atom is -0.351 e. The molecule has 1 fully saturated rings. The van der Waals surface area contributed by atoms with Crippen molar-refractivity contribution in [3.8, 4) is 11.3 Å². The van der Waals surface area contributed by atoms with E-state index in [0.717, 1.165) is 31.2 Å². The summed E-state index contributed by atoms with van der Waals surface area (Å²) in [7, 11) is 0. The lowest BCUT2D eigenvalue weighted by Gasteiger charge is -2.44. The molecule has 2 amide bonds. The first-order chi connectivity index (χ1) is 17.3. The molecule has 36 heavy (non-hydrogen) atoms. The van der Waals surface area contributed by atoms with E-state index in [0.29, 0.717) is 23.0 Å². The summed E-state index contributed by atoms with van der Waals surface area (Å²) >= 11 is 0. The zero-order valence-electron chi connectivity index (χ0n) is 21.1. The standard InChI is InChI=1S/C29H33FN4O2/c1-19(2)20-9-11-21(12-10-20)25-17-26-27(35)34(24-15-13-22(30)14-16-24)29(3,18-33(26)32-25)28(36)31-23-7-5-4-6-8-23/h9-17,19,23H,4-8,18H2,1-3H3,(H,31,36). The summed E-state index contributed by atoms with van der Waals surface area (Å²) in [5.41, 5.74) is 2.50. The summed E-state index contributed by atoms with van der Waals surface area (Å²) in [4.78, 5) is 29.2. The highest BCUT2D eigenvalue weighted by molar-refractivity contribution is 6.12. The molecule has 1 saturated carbocycles. The van der Waals surface area contributed by atoms with Gasteiger partial charge in [-0.1, -0.05) is 57.4 Å². The molecule has 1 N–H and O–H groups in total. The van der Waals surface area contributed by atoms with Gasteiger partial charge in [0, 0.05) is 17.3 Å². The van der Waals surface area contributed by atoms with Gasteiger partial charge in [0.25, 0.3) is 5.91 Å². The average molecular weight is 489 g/mol. The molecule has 1 aliphatic heterocycles. The number of carbonyl (C=O) groups excluding carboxylic acids is 2. The maximum Gasteiger partial charge on any atom is 0.277 e. The van der Waals surface area contributed by atoms with Gasteiger partial charge < -0.3 is 5.32 Å². The van der Waals surface area contributed by atoms with Crippen LogP contribution in [0.25, 0.3) is 11.3 Å². The second-order valence-electron chi connectivity index (χ2n) is 10.5. The van der Waals surface area contributed by atoms with Crippen molar-refractivity contribution in [1.82, 2.24) is 15.1 Å². The first kappa shape index (κ1) is 24.2. The number of hydrogen-bond acceptors (Lipinski definition) is 3. The highest BCUT2D eigenvalue weighted by Gasteiger charge is 2.49. The van der Waals surface area contributed by atoms with Crippen molar-refractivity contribution < 1.29 is 14.0 Å².